The Hall–Kier alpha value is -2.49. The van der Waals surface area contributed by atoms with Crippen molar-refractivity contribution in [3.05, 3.63) is 60.4 Å². The fourth-order valence-electron chi connectivity index (χ4n) is 2.51. The Morgan fingerprint density at radius 1 is 1.10 bits per heavy atom. The van der Waals surface area contributed by atoms with Gasteiger partial charge in [-0.15, -0.1) is 0 Å². The summed E-state index contributed by atoms with van der Waals surface area (Å²) in [6.45, 7) is 0. The summed E-state index contributed by atoms with van der Waals surface area (Å²) in [6.07, 6.45) is 4.26. The van der Waals surface area contributed by atoms with Crippen LogP contribution in [0.4, 0.5) is 5.69 Å². The summed E-state index contributed by atoms with van der Waals surface area (Å²) in [5.41, 5.74) is 1.63. The van der Waals surface area contributed by atoms with Gasteiger partial charge in [0.25, 0.3) is 0 Å². The lowest BCUT2D eigenvalue weighted by atomic mass is 9.99. The number of para-hydroxylation sites is 1. The van der Waals surface area contributed by atoms with Crippen LogP contribution in [0.5, 0.6) is 0 Å². The van der Waals surface area contributed by atoms with Crippen molar-refractivity contribution in [1.82, 2.24) is 4.98 Å². The van der Waals surface area contributed by atoms with Crippen molar-refractivity contribution >= 4 is 17.5 Å². The largest absolute Gasteiger partial charge is 0.274 e. The molecule has 20 heavy (non-hydrogen) atoms. The molecule has 0 N–H and O–H groups in total. The van der Waals surface area contributed by atoms with Gasteiger partial charge in [0, 0.05) is 18.8 Å². The number of amides is 2. The van der Waals surface area contributed by atoms with E-state index in [1.54, 1.807) is 24.5 Å². The first-order valence-corrected chi connectivity index (χ1v) is 6.56. The molecule has 1 fully saturated rings. The van der Waals surface area contributed by atoms with Crippen molar-refractivity contribution in [1.29, 1.82) is 0 Å². The number of imide groups is 1. The van der Waals surface area contributed by atoms with Crippen LogP contribution in [-0.2, 0) is 16.0 Å². The highest BCUT2D eigenvalue weighted by Crippen LogP contribution is 2.28. The van der Waals surface area contributed by atoms with Crippen LogP contribution >= 0.6 is 0 Å². The Kier molecular flexibility index (Phi) is 3.29. The van der Waals surface area contributed by atoms with Crippen molar-refractivity contribution in [2.45, 2.75) is 12.8 Å². The minimum absolute atomic E-state index is 0.120. The van der Waals surface area contributed by atoms with Gasteiger partial charge in [-0.1, -0.05) is 24.3 Å². The van der Waals surface area contributed by atoms with Crippen molar-refractivity contribution in [2.75, 3.05) is 4.90 Å². The second-order valence-electron chi connectivity index (χ2n) is 4.87. The van der Waals surface area contributed by atoms with E-state index in [0.29, 0.717) is 12.1 Å². The SMILES string of the molecule is O=C1CC(Cc2cccnc2)C(=O)N1c1ccccc1. The van der Waals surface area contributed by atoms with Crippen molar-refractivity contribution in [2.24, 2.45) is 5.92 Å². The standard InChI is InChI=1S/C16H14N2O2/c19-15-10-13(9-12-5-4-8-17-11-12)16(20)18(15)14-6-2-1-3-7-14/h1-8,11,13H,9-10H2. The van der Waals surface area contributed by atoms with Gasteiger partial charge in [-0.2, -0.15) is 0 Å². The molecule has 4 nitrogen and oxygen atoms in total. The predicted molar refractivity (Wildman–Crippen MR) is 75.0 cm³/mol. The molecule has 1 aliphatic heterocycles. The van der Waals surface area contributed by atoms with E-state index < -0.39 is 0 Å². The molecular formula is C16H14N2O2. The molecule has 0 bridgehead atoms. The fourth-order valence-corrected chi connectivity index (χ4v) is 2.51. The molecule has 0 radical (unpaired) electrons. The van der Waals surface area contributed by atoms with Crippen LogP contribution in [-0.4, -0.2) is 16.8 Å². The van der Waals surface area contributed by atoms with Gasteiger partial charge in [0.1, 0.15) is 0 Å². The zero-order chi connectivity index (χ0) is 13.9. The Balaban J connectivity index is 1.81. The highest BCUT2D eigenvalue weighted by Gasteiger charge is 2.39. The molecular weight excluding hydrogens is 252 g/mol. The topological polar surface area (TPSA) is 50.3 Å². The number of anilines is 1. The first kappa shape index (κ1) is 12.5. The fraction of sp³-hybridized carbons (Fsp3) is 0.188. The molecule has 1 atom stereocenters. The van der Waals surface area contributed by atoms with Gasteiger partial charge in [0.05, 0.1) is 11.6 Å². The minimum atomic E-state index is -0.285. The zero-order valence-corrected chi connectivity index (χ0v) is 10.9. The van der Waals surface area contributed by atoms with Gasteiger partial charge in [-0.05, 0) is 30.2 Å². The van der Waals surface area contributed by atoms with Crippen LogP contribution in [0.25, 0.3) is 0 Å². The van der Waals surface area contributed by atoms with Gasteiger partial charge < -0.3 is 0 Å². The molecule has 1 aromatic heterocycles. The average molecular weight is 266 g/mol. The van der Waals surface area contributed by atoms with Crippen LogP contribution in [0.15, 0.2) is 54.9 Å². The molecule has 4 heteroatoms. The second kappa shape index (κ2) is 5.25. The summed E-state index contributed by atoms with van der Waals surface area (Å²) in [7, 11) is 0. The third kappa shape index (κ3) is 2.32. The van der Waals surface area contributed by atoms with Gasteiger partial charge in [-0.25, -0.2) is 0 Å². The number of hydrogen-bond acceptors (Lipinski definition) is 3. The molecule has 100 valence electrons. The van der Waals surface area contributed by atoms with E-state index in [4.69, 9.17) is 0 Å². The molecule has 1 aromatic carbocycles. The zero-order valence-electron chi connectivity index (χ0n) is 10.9. The highest BCUT2D eigenvalue weighted by molar-refractivity contribution is 6.20. The van der Waals surface area contributed by atoms with E-state index >= 15 is 0 Å². The van der Waals surface area contributed by atoms with E-state index in [2.05, 4.69) is 4.98 Å². The Morgan fingerprint density at radius 3 is 2.60 bits per heavy atom. The lowest BCUT2D eigenvalue weighted by molar-refractivity contribution is -0.122. The Bertz CT molecular complexity index is 625. The van der Waals surface area contributed by atoms with Gasteiger partial charge in [0.15, 0.2) is 0 Å². The number of nitrogens with zero attached hydrogens (tertiary/aromatic N) is 2. The number of carbonyl (C=O) groups is 2. The number of rotatable bonds is 3. The molecule has 1 aliphatic rings. The Morgan fingerprint density at radius 2 is 1.90 bits per heavy atom. The van der Waals surface area contributed by atoms with E-state index in [-0.39, 0.29) is 24.2 Å². The number of carbonyl (C=O) groups excluding carboxylic acids is 2. The summed E-state index contributed by atoms with van der Waals surface area (Å²) in [4.78, 5) is 29.8. The molecule has 1 unspecified atom stereocenters. The number of benzene rings is 1. The van der Waals surface area contributed by atoms with Crippen LogP contribution < -0.4 is 4.90 Å². The summed E-state index contributed by atoms with van der Waals surface area (Å²) in [6, 6.07) is 12.8. The summed E-state index contributed by atoms with van der Waals surface area (Å²) >= 11 is 0. The minimum Gasteiger partial charge on any atom is -0.274 e. The van der Waals surface area contributed by atoms with Crippen LogP contribution in [0.2, 0.25) is 0 Å². The van der Waals surface area contributed by atoms with E-state index in [9.17, 15) is 9.59 Å². The lowest BCUT2D eigenvalue weighted by Crippen LogP contribution is -2.30. The van der Waals surface area contributed by atoms with Crippen molar-refractivity contribution in [3.8, 4) is 0 Å². The maximum atomic E-state index is 12.4. The predicted octanol–water partition coefficient (Wildman–Crippen LogP) is 2.20. The van der Waals surface area contributed by atoms with E-state index in [0.717, 1.165) is 5.56 Å². The van der Waals surface area contributed by atoms with Gasteiger partial charge in [0.2, 0.25) is 11.8 Å². The maximum Gasteiger partial charge on any atom is 0.237 e. The second-order valence-corrected chi connectivity index (χ2v) is 4.87. The van der Waals surface area contributed by atoms with Crippen LogP contribution in [0.3, 0.4) is 0 Å². The number of hydrogen-bond donors (Lipinski definition) is 0. The molecule has 0 spiro atoms. The smallest absolute Gasteiger partial charge is 0.237 e. The summed E-state index contributed by atoms with van der Waals surface area (Å²) < 4.78 is 0. The molecule has 2 amide bonds. The first-order chi connectivity index (χ1) is 9.75. The van der Waals surface area contributed by atoms with Crippen molar-refractivity contribution < 1.29 is 9.59 Å². The first-order valence-electron chi connectivity index (χ1n) is 6.56. The van der Waals surface area contributed by atoms with Gasteiger partial charge >= 0.3 is 0 Å². The maximum absolute atomic E-state index is 12.4. The average Bonchev–Trinajstić information content (AvgIpc) is 2.75. The molecule has 3 rings (SSSR count). The molecule has 2 aromatic rings. The van der Waals surface area contributed by atoms with E-state index in [1.807, 2.05) is 30.3 Å². The Labute approximate surface area is 117 Å². The number of pyridine rings is 1. The van der Waals surface area contributed by atoms with E-state index in [1.165, 1.54) is 4.90 Å². The third-order valence-corrected chi connectivity index (χ3v) is 3.46. The normalized spacial score (nSPS) is 18.6. The van der Waals surface area contributed by atoms with Crippen molar-refractivity contribution in [3.63, 3.8) is 0 Å². The van der Waals surface area contributed by atoms with Crippen LogP contribution in [0, 0.1) is 5.92 Å². The molecule has 0 saturated carbocycles. The summed E-state index contributed by atoms with van der Waals surface area (Å²) in [5.74, 6) is -0.535. The van der Waals surface area contributed by atoms with Gasteiger partial charge in [-0.3, -0.25) is 19.5 Å². The quantitative estimate of drug-likeness (QED) is 0.800. The lowest BCUT2D eigenvalue weighted by Gasteiger charge is -2.14. The highest BCUT2D eigenvalue weighted by atomic mass is 16.2. The van der Waals surface area contributed by atoms with Crippen LogP contribution in [0.1, 0.15) is 12.0 Å². The molecule has 0 aliphatic carbocycles. The molecule has 2 heterocycles. The molecule has 1 saturated heterocycles. The summed E-state index contributed by atoms with van der Waals surface area (Å²) in [5, 5.41) is 0. The number of aromatic nitrogens is 1. The third-order valence-electron chi connectivity index (χ3n) is 3.46. The monoisotopic (exact) mass is 266 g/mol.